The van der Waals surface area contributed by atoms with Crippen molar-refractivity contribution in [2.24, 2.45) is 0 Å². The zero-order valence-corrected chi connectivity index (χ0v) is 14.6. The highest BCUT2D eigenvalue weighted by atomic mass is 16.5. The van der Waals surface area contributed by atoms with E-state index in [1.54, 1.807) is 0 Å². The van der Waals surface area contributed by atoms with E-state index in [9.17, 15) is 4.79 Å². The van der Waals surface area contributed by atoms with Crippen LogP contribution in [0, 0.1) is 6.92 Å². The topological polar surface area (TPSA) is 54.0 Å². The van der Waals surface area contributed by atoms with E-state index < -0.39 is 0 Å². The van der Waals surface area contributed by atoms with Gasteiger partial charge in [-0.1, -0.05) is 12.1 Å². The smallest absolute Gasteiger partial charge is 0.317 e. The van der Waals surface area contributed by atoms with Gasteiger partial charge in [-0.05, 0) is 25.5 Å². The molecule has 0 spiro atoms. The molecule has 0 radical (unpaired) electrons. The molecule has 0 aliphatic carbocycles. The molecule has 6 heteroatoms. The first-order valence-electron chi connectivity index (χ1n) is 8.74. The van der Waals surface area contributed by atoms with Crippen molar-refractivity contribution in [2.45, 2.75) is 26.4 Å². The molecule has 0 saturated carbocycles. The van der Waals surface area contributed by atoms with E-state index in [1.165, 1.54) is 0 Å². The molecule has 1 atom stereocenters. The van der Waals surface area contributed by atoms with Crippen LogP contribution in [0.4, 0.5) is 4.79 Å². The lowest BCUT2D eigenvalue weighted by Crippen LogP contribution is -2.60. The number of rotatable bonds is 4. The number of urea groups is 1. The van der Waals surface area contributed by atoms with Crippen molar-refractivity contribution in [3.05, 3.63) is 29.3 Å². The quantitative estimate of drug-likeness (QED) is 0.910. The largest absolute Gasteiger partial charge is 0.494 e. The lowest BCUT2D eigenvalue weighted by molar-refractivity contribution is -0.0365. The van der Waals surface area contributed by atoms with Gasteiger partial charge >= 0.3 is 6.03 Å². The van der Waals surface area contributed by atoms with Gasteiger partial charge in [0.1, 0.15) is 5.75 Å². The fourth-order valence-corrected chi connectivity index (χ4v) is 3.31. The van der Waals surface area contributed by atoms with Gasteiger partial charge in [-0.2, -0.15) is 0 Å². The van der Waals surface area contributed by atoms with Gasteiger partial charge in [0.15, 0.2) is 0 Å². The van der Waals surface area contributed by atoms with Crippen LogP contribution in [0.5, 0.6) is 5.75 Å². The van der Waals surface area contributed by atoms with E-state index >= 15 is 0 Å². The first-order valence-corrected chi connectivity index (χ1v) is 8.74. The van der Waals surface area contributed by atoms with Gasteiger partial charge in [-0.15, -0.1) is 0 Å². The summed E-state index contributed by atoms with van der Waals surface area (Å²) in [5.74, 6) is 0.850. The Hall–Kier alpha value is -1.79. The number of benzene rings is 1. The second-order valence-corrected chi connectivity index (χ2v) is 6.41. The van der Waals surface area contributed by atoms with Crippen LogP contribution in [0.1, 0.15) is 18.1 Å². The predicted molar refractivity (Wildman–Crippen MR) is 92.3 cm³/mol. The summed E-state index contributed by atoms with van der Waals surface area (Å²) >= 11 is 0. The molecule has 132 valence electrons. The summed E-state index contributed by atoms with van der Waals surface area (Å²) in [4.78, 5) is 16.8. The van der Waals surface area contributed by atoms with E-state index in [2.05, 4.69) is 10.2 Å². The molecule has 0 unspecified atom stereocenters. The number of nitrogens with zero attached hydrogens (tertiary/aromatic N) is 2. The maximum Gasteiger partial charge on any atom is 0.317 e. The first kappa shape index (κ1) is 17.0. The van der Waals surface area contributed by atoms with Crippen molar-refractivity contribution in [1.82, 2.24) is 15.1 Å². The normalized spacial score (nSPS) is 21.2. The number of amides is 2. The number of ether oxygens (including phenoxy) is 2. The Kier molecular flexibility index (Phi) is 5.58. The first-order chi connectivity index (χ1) is 11.7. The lowest BCUT2D eigenvalue weighted by Gasteiger charge is -2.43. The number of nitrogens with one attached hydrogen (secondary N) is 1. The van der Waals surface area contributed by atoms with Gasteiger partial charge in [0.2, 0.25) is 0 Å². The molecule has 24 heavy (non-hydrogen) atoms. The predicted octanol–water partition coefficient (Wildman–Crippen LogP) is 1.62. The molecule has 2 fully saturated rings. The highest BCUT2D eigenvalue weighted by molar-refractivity contribution is 5.74. The molecule has 0 aromatic heterocycles. The number of piperazine rings is 1. The number of hydrogen-bond acceptors (Lipinski definition) is 4. The SMILES string of the molecule is CCOc1cc(C)ccc1CNC(=O)N1CCN2CCOC[C@@H]2C1. The fourth-order valence-electron chi connectivity index (χ4n) is 3.31. The fraction of sp³-hybridized carbons (Fsp3) is 0.611. The molecule has 1 aromatic rings. The molecule has 2 aliphatic rings. The third kappa shape index (κ3) is 3.99. The number of carbonyl (C=O) groups is 1. The number of hydrogen-bond donors (Lipinski definition) is 1. The van der Waals surface area contributed by atoms with Crippen LogP contribution in [0.2, 0.25) is 0 Å². The maximum atomic E-state index is 12.5. The number of fused-ring (bicyclic) bond motifs is 1. The van der Waals surface area contributed by atoms with Crippen LogP contribution in [0.3, 0.4) is 0 Å². The van der Waals surface area contributed by atoms with Crippen molar-refractivity contribution in [3.63, 3.8) is 0 Å². The maximum absolute atomic E-state index is 12.5. The Morgan fingerprint density at radius 1 is 1.38 bits per heavy atom. The molecule has 2 saturated heterocycles. The van der Waals surface area contributed by atoms with Gasteiger partial charge < -0.3 is 19.7 Å². The third-order valence-electron chi connectivity index (χ3n) is 4.68. The second-order valence-electron chi connectivity index (χ2n) is 6.41. The molecule has 2 amide bonds. The lowest BCUT2D eigenvalue weighted by atomic mass is 10.1. The Morgan fingerprint density at radius 2 is 2.25 bits per heavy atom. The van der Waals surface area contributed by atoms with Crippen LogP contribution >= 0.6 is 0 Å². The van der Waals surface area contributed by atoms with Gasteiger partial charge in [0, 0.05) is 38.3 Å². The van der Waals surface area contributed by atoms with Gasteiger partial charge in [0.25, 0.3) is 0 Å². The van der Waals surface area contributed by atoms with E-state index in [-0.39, 0.29) is 6.03 Å². The molecule has 6 nitrogen and oxygen atoms in total. The van der Waals surface area contributed by atoms with Gasteiger partial charge in [-0.25, -0.2) is 4.79 Å². The minimum atomic E-state index is -0.0109. The summed E-state index contributed by atoms with van der Waals surface area (Å²) < 4.78 is 11.2. The zero-order chi connectivity index (χ0) is 16.9. The summed E-state index contributed by atoms with van der Waals surface area (Å²) in [7, 11) is 0. The van der Waals surface area contributed by atoms with Gasteiger partial charge in [0.05, 0.1) is 25.9 Å². The van der Waals surface area contributed by atoms with Crippen LogP contribution in [0.15, 0.2) is 18.2 Å². The summed E-state index contributed by atoms with van der Waals surface area (Å²) in [5.41, 5.74) is 2.16. The molecular formula is C18H27N3O3. The van der Waals surface area contributed by atoms with Crippen molar-refractivity contribution < 1.29 is 14.3 Å². The highest BCUT2D eigenvalue weighted by Gasteiger charge is 2.31. The molecule has 1 aromatic carbocycles. The number of morpholine rings is 1. The number of carbonyl (C=O) groups excluding carboxylic acids is 1. The van der Waals surface area contributed by atoms with Crippen molar-refractivity contribution >= 4 is 6.03 Å². The average Bonchev–Trinajstić information content (AvgIpc) is 2.60. The van der Waals surface area contributed by atoms with Crippen LogP contribution < -0.4 is 10.1 Å². The summed E-state index contributed by atoms with van der Waals surface area (Å²) in [6, 6.07) is 6.40. The Labute approximate surface area is 143 Å². The third-order valence-corrected chi connectivity index (χ3v) is 4.68. The standard InChI is InChI=1S/C18H27N3O3/c1-3-24-17-10-14(2)4-5-15(17)11-19-18(22)21-7-6-20-8-9-23-13-16(20)12-21/h4-5,10,16H,3,6-9,11-13H2,1-2H3,(H,19,22)/t16-/m0/s1. The molecule has 2 heterocycles. The molecule has 3 rings (SSSR count). The van der Waals surface area contributed by atoms with Crippen molar-refractivity contribution in [1.29, 1.82) is 0 Å². The van der Waals surface area contributed by atoms with E-state index in [0.717, 1.165) is 56.3 Å². The van der Waals surface area contributed by atoms with E-state index in [0.29, 0.717) is 19.2 Å². The van der Waals surface area contributed by atoms with Gasteiger partial charge in [-0.3, -0.25) is 4.90 Å². The van der Waals surface area contributed by atoms with Crippen molar-refractivity contribution in [2.75, 3.05) is 46.0 Å². The van der Waals surface area contributed by atoms with Crippen LogP contribution in [-0.2, 0) is 11.3 Å². The Morgan fingerprint density at radius 3 is 3.08 bits per heavy atom. The summed E-state index contributed by atoms with van der Waals surface area (Å²) in [6.07, 6.45) is 0. The average molecular weight is 333 g/mol. The van der Waals surface area contributed by atoms with Crippen LogP contribution in [0.25, 0.3) is 0 Å². The minimum Gasteiger partial charge on any atom is -0.494 e. The number of aryl methyl sites for hydroxylation is 1. The van der Waals surface area contributed by atoms with E-state index in [1.807, 2.05) is 36.9 Å². The van der Waals surface area contributed by atoms with Crippen molar-refractivity contribution in [3.8, 4) is 5.75 Å². The molecule has 0 bridgehead atoms. The molecule has 1 N–H and O–H groups in total. The van der Waals surface area contributed by atoms with Crippen LogP contribution in [-0.4, -0.2) is 67.9 Å². The minimum absolute atomic E-state index is 0.0109. The Bertz CT molecular complexity index is 579. The highest BCUT2D eigenvalue weighted by Crippen LogP contribution is 2.20. The zero-order valence-electron chi connectivity index (χ0n) is 14.6. The van der Waals surface area contributed by atoms with E-state index in [4.69, 9.17) is 9.47 Å². The molecular weight excluding hydrogens is 306 g/mol. The molecule has 2 aliphatic heterocycles. The second kappa shape index (κ2) is 7.85. The summed E-state index contributed by atoms with van der Waals surface area (Å²) in [6.45, 7) is 10.0. The summed E-state index contributed by atoms with van der Waals surface area (Å²) in [5, 5.41) is 3.03. The Balaban J connectivity index is 1.56. The monoisotopic (exact) mass is 333 g/mol.